The largest absolute Gasteiger partial charge is 0.339 e. The van der Waals surface area contributed by atoms with Crippen LogP contribution in [-0.2, 0) is 4.79 Å². The standard InChI is InChI=1S/C13H26N2O/c1-4-5-12(8-14)13(16)15-9-10(2)6-7-11(15)3/h10-12H,4-9,14H2,1-3H3. The van der Waals surface area contributed by atoms with Crippen LogP contribution in [0.2, 0.25) is 0 Å². The SMILES string of the molecule is CCCC(CN)C(=O)N1CC(C)CCC1C. The molecule has 94 valence electrons. The highest BCUT2D eigenvalue weighted by Crippen LogP contribution is 2.23. The number of piperidine rings is 1. The molecule has 1 heterocycles. The predicted octanol–water partition coefficient (Wildman–Crippen LogP) is 2.01. The van der Waals surface area contributed by atoms with E-state index in [-0.39, 0.29) is 11.8 Å². The van der Waals surface area contributed by atoms with Crippen LogP contribution in [0.15, 0.2) is 0 Å². The third-order valence-electron chi connectivity index (χ3n) is 3.67. The van der Waals surface area contributed by atoms with Crippen LogP contribution in [0.5, 0.6) is 0 Å². The minimum atomic E-state index is 0.0396. The van der Waals surface area contributed by atoms with E-state index in [0.29, 0.717) is 18.5 Å². The second kappa shape index (κ2) is 6.24. The summed E-state index contributed by atoms with van der Waals surface area (Å²) in [5.74, 6) is 0.960. The van der Waals surface area contributed by atoms with Gasteiger partial charge in [-0.25, -0.2) is 0 Å². The third kappa shape index (κ3) is 3.21. The summed E-state index contributed by atoms with van der Waals surface area (Å²) >= 11 is 0. The lowest BCUT2D eigenvalue weighted by Gasteiger charge is -2.38. The molecule has 2 N–H and O–H groups in total. The molecule has 3 unspecified atom stereocenters. The fourth-order valence-electron chi connectivity index (χ4n) is 2.52. The van der Waals surface area contributed by atoms with E-state index in [1.807, 2.05) is 0 Å². The Hall–Kier alpha value is -0.570. The Morgan fingerprint density at radius 2 is 2.12 bits per heavy atom. The van der Waals surface area contributed by atoms with Gasteiger partial charge in [0.1, 0.15) is 0 Å². The van der Waals surface area contributed by atoms with E-state index in [2.05, 4.69) is 25.7 Å². The Morgan fingerprint density at radius 3 is 2.69 bits per heavy atom. The number of nitrogens with zero attached hydrogens (tertiary/aromatic N) is 1. The van der Waals surface area contributed by atoms with Crippen molar-refractivity contribution in [3.8, 4) is 0 Å². The number of hydrogen-bond donors (Lipinski definition) is 1. The molecule has 1 aliphatic rings. The lowest BCUT2D eigenvalue weighted by Crippen LogP contribution is -2.48. The van der Waals surface area contributed by atoms with E-state index in [4.69, 9.17) is 5.73 Å². The van der Waals surface area contributed by atoms with E-state index < -0.39 is 0 Å². The van der Waals surface area contributed by atoms with Crippen molar-refractivity contribution in [2.24, 2.45) is 17.6 Å². The van der Waals surface area contributed by atoms with Gasteiger partial charge < -0.3 is 10.6 Å². The van der Waals surface area contributed by atoms with Crippen molar-refractivity contribution in [1.82, 2.24) is 4.90 Å². The topological polar surface area (TPSA) is 46.3 Å². The van der Waals surface area contributed by atoms with Crippen molar-refractivity contribution in [2.45, 2.75) is 52.5 Å². The molecular formula is C13H26N2O. The minimum absolute atomic E-state index is 0.0396. The highest BCUT2D eigenvalue weighted by atomic mass is 16.2. The van der Waals surface area contributed by atoms with Crippen molar-refractivity contribution in [3.05, 3.63) is 0 Å². The quantitative estimate of drug-likeness (QED) is 0.797. The van der Waals surface area contributed by atoms with Crippen LogP contribution in [0.1, 0.15) is 46.5 Å². The van der Waals surface area contributed by atoms with Gasteiger partial charge in [-0.15, -0.1) is 0 Å². The van der Waals surface area contributed by atoms with Crippen LogP contribution in [0.25, 0.3) is 0 Å². The summed E-state index contributed by atoms with van der Waals surface area (Å²) in [5, 5.41) is 0. The lowest BCUT2D eigenvalue weighted by atomic mass is 9.92. The van der Waals surface area contributed by atoms with E-state index in [0.717, 1.165) is 25.8 Å². The Morgan fingerprint density at radius 1 is 1.44 bits per heavy atom. The van der Waals surface area contributed by atoms with Crippen LogP contribution in [0, 0.1) is 11.8 Å². The molecule has 0 aromatic rings. The average molecular weight is 226 g/mol. The van der Waals surface area contributed by atoms with Crippen molar-refractivity contribution in [1.29, 1.82) is 0 Å². The second-order valence-corrected chi connectivity index (χ2v) is 5.24. The fraction of sp³-hybridized carbons (Fsp3) is 0.923. The van der Waals surface area contributed by atoms with Gasteiger partial charge in [0.2, 0.25) is 5.91 Å². The number of carbonyl (C=O) groups is 1. The first-order valence-electron chi connectivity index (χ1n) is 6.60. The van der Waals surface area contributed by atoms with Gasteiger partial charge >= 0.3 is 0 Å². The molecule has 0 saturated carbocycles. The monoisotopic (exact) mass is 226 g/mol. The Balaban J connectivity index is 2.62. The summed E-state index contributed by atoms with van der Waals surface area (Å²) in [6, 6.07) is 0.398. The molecule has 1 aliphatic heterocycles. The third-order valence-corrected chi connectivity index (χ3v) is 3.67. The van der Waals surface area contributed by atoms with Crippen molar-refractivity contribution < 1.29 is 4.79 Å². The molecule has 1 fully saturated rings. The fourth-order valence-corrected chi connectivity index (χ4v) is 2.52. The molecule has 3 atom stereocenters. The van der Waals surface area contributed by atoms with Crippen molar-refractivity contribution in [3.63, 3.8) is 0 Å². The van der Waals surface area contributed by atoms with Gasteiger partial charge in [0.25, 0.3) is 0 Å². The maximum atomic E-state index is 12.3. The van der Waals surface area contributed by atoms with Gasteiger partial charge in [-0.3, -0.25) is 4.79 Å². The first-order valence-corrected chi connectivity index (χ1v) is 6.60. The van der Waals surface area contributed by atoms with Crippen LogP contribution < -0.4 is 5.73 Å². The number of likely N-dealkylation sites (tertiary alicyclic amines) is 1. The van der Waals surface area contributed by atoms with Gasteiger partial charge in [0, 0.05) is 19.1 Å². The van der Waals surface area contributed by atoms with E-state index >= 15 is 0 Å². The Kier molecular flexibility index (Phi) is 5.26. The van der Waals surface area contributed by atoms with Gasteiger partial charge in [0.05, 0.1) is 5.92 Å². The highest BCUT2D eigenvalue weighted by molar-refractivity contribution is 5.79. The first-order chi connectivity index (χ1) is 7.60. The van der Waals surface area contributed by atoms with E-state index in [1.165, 1.54) is 6.42 Å². The second-order valence-electron chi connectivity index (χ2n) is 5.24. The van der Waals surface area contributed by atoms with Gasteiger partial charge in [0.15, 0.2) is 0 Å². The van der Waals surface area contributed by atoms with E-state index in [9.17, 15) is 4.79 Å². The summed E-state index contributed by atoms with van der Waals surface area (Å²) in [7, 11) is 0. The summed E-state index contributed by atoms with van der Waals surface area (Å²) in [5.41, 5.74) is 5.70. The first kappa shape index (κ1) is 13.5. The minimum Gasteiger partial charge on any atom is -0.339 e. The Labute approximate surface area is 99.4 Å². The number of nitrogens with two attached hydrogens (primary N) is 1. The maximum absolute atomic E-state index is 12.3. The zero-order valence-corrected chi connectivity index (χ0v) is 10.9. The van der Waals surface area contributed by atoms with Gasteiger partial charge in [-0.2, -0.15) is 0 Å². The van der Waals surface area contributed by atoms with Gasteiger partial charge in [-0.05, 0) is 32.1 Å². The number of amides is 1. The molecule has 0 radical (unpaired) electrons. The molecule has 0 spiro atoms. The lowest BCUT2D eigenvalue weighted by molar-refractivity contribution is -0.139. The van der Waals surface area contributed by atoms with Crippen LogP contribution in [-0.4, -0.2) is 29.9 Å². The summed E-state index contributed by atoms with van der Waals surface area (Å²) < 4.78 is 0. The molecular weight excluding hydrogens is 200 g/mol. The van der Waals surface area contributed by atoms with Crippen LogP contribution in [0.3, 0.4) is 0 Å². The van der Waals surface area contributed by atoms with Crippen LogP contribution >= 0.6 is 0 Å². The molecule has 16 heavy (non-hydrogen) atoms. The predicted molar refractivity (Wildman–Crippen MR) is 67.0 cm³/mol. The molecule has 3 nitrogen and oxygen atoms in total. The molecule has 3 heteroatoms. The molecule has 0 aromatic heterocycles. The van der Waals surface area contributed by atoms with E-state index in [1.54, 1.807) is 0 Å². The average Bonchev–Trinajstić information content (AvgIpc) is 2.28. The highest BCUT2D eigenvalue weighted by Gasteiger charge is 2.30. The zero-order chi connectivity index (χ0) is 12.1. The molecule has 0 aliphatic carbocycles. The van der Waals surface area contributed by atoms with Gasteiger partial charge in [-0.1, -0.05) is 20.3 Å². The molecule has 1 amide bonds. The maximum Gasteiger partial charge on any atom is 0.227 e. The van der Waals surface area contributed by atoms with Crippen LogP contribution in [0.4, 0.5) is 0 Å². The zero-order valence-electron chi connectivity index (χ0n) is 10.9. The molecule has 1 saturated heterocycles. The molecule has 0 aromatic carbocycles. The molecule has 1 rings (SSSR count). The molecule has 0 bridgehead atoms. The number of rotatable bonds is 4. The summed E-state index contributed by atoms with van der Waals surface area (Å²) in [4.78, 5) is 14.4. The number of carbonyl (C=O) groups excluding carboxylic acids is 1. The Bertz CT molecular complexity index is 230. The number of hydrogen-bond acceptors (Lipinski definition) is 2. The van der Waals surface area contributed by atoms with Crippen molar-refractivity contribution in [2.75, 3.05) is 13.1 Å². The summed E-state index contributed by atoms with van der Waals surface area (Å²) in [6.07, 6.45) is 4.33. The normalized spacial score (nSPS) is 27.9. The summed E-state index contributed by atoms with van der Waals surface area (Å²) in [6.45, 7) is 7.90. The van der Waals surface area contributed by atoms with Crippen molar-refractivity contribution >= 4 is 5.91 Å². The smallest absolute Gasteiger partial charge is 0.227 e.